The Morgan fingerprint density at radius 3 is 2.88 bits per heavy atom. The number of hydrogen-bond acceptors (Lipinski definition) is 1. The summed E-state index contributed by atoms with van der Waals surface area (Å²) in [4.78, 5) is 4.45. The van der Waals surface area contributed by atoms with Crippen molar-refractivity contribution >= 4 is 17.1 Å². The van der Waals surface area contributed by atoms with Gasteiger partial charge in [-0.2, -0.15) is 0 Å². The van der Waals surface area contributed by atoms with Crippen molar-refractivity contribution in [3.8, 4) is 11.4 Å². The van der Waals surface area contributed by atoms with Gasteiger partial charge in [-0.15, -0.1) is 0 Å². The van der Waals surface area contributed by atoms with Gasteiger partial charge in [0.2, 0.25) is 0 Å². The zero-order valence-electron chi connectivity index (χ0n) is 9.39. The number of hydrogen-bond donors (Lipinski definition) is 0. The second kappa shape index (κ2) is 3.90. The second-order valence-corrected chi connectivity index (χ2v) is 4.53. The van der Waals surface area contributed by atoms with Gasteiger partial charge in [-0.25, -0.2) is 4.98 Å². The largest absolute Gasteiger partial charge is 0.300 e. The lowest BCUT2D eigenvalue weighted by atomic mass is 10.2. The van der Waals surface area contributed by atoms with Crippen LogP contribution in [0.5, 0.6) is 0 Å². The Hall–Kier alpha value is -1.80. The molecule has 2 nitrogen and oxygen atoms in total. The third-order valence-electron chi connectivity index (χ3n) is 2.76. The average Bonchev–Trinajstić information content (AvgIpc) is 2.71. The minimum Gasteiger partial charge on any atom is -0.300 e. The van der Waals surface area contributed by atoms with E-state index < -0.39 is 0 Å². The molecule has 0 saturated carbocycles. The van der Waals surface area contributed by atoms with Gasteiger partial charge in [0.25, 0.3) is 0 Å². The molecule has 3 aromatic rings. The summed E-state index contributed by atoms with van der Waals surface area (Å²) in [6, 6.07) is 11.9. The van der Waals surface area contributed by atoms with Crippen LogP contribution in [0.1, 0.15) is 5.56 Å². The van der Waals surface area contributed by atoms with E-state index in [1.165, 1.54) is 5.56 Å². The van der Waals surface area contributed by atoms with Crippen molar-refractivity contribution in [3.05, 3.63) is 59.4 Å². The molecule has 0 bridgehead atoms. The first-order valence-electron chi connectivity index (χ1n) is 5.44. The van der Waals surface area contributed by atoms with Crippen molar-refractivity contribution in [2.45, 2.75) is 6.92 Å². The van der Waals surface area contributed by atoms with Gasteiger partial charge in [0.1, 0.15) is 5.82 Å². The van der Waals surface area contributed by atoms with E-state index in [-0.39, 0.29) is 0 Å². The number of rotatable bonds is 1. The smallest absolute Gasteiger partial charge is 0.144 e. The molecule has 0 aliphatic carbocycles. The fourth-order valence-electron chi connectivity index (χ4n) is 1.94. The summed E-state index contributed by atoms with van der Waals surface area (Å²) >= 11 is 6.01. The number of fused-ring (bicyclic) bond motifs is 1. The third kappa shape index (κ3) is 1.81. The van der Waals surface area contributed by atoms with E-state index >= 15 is 0 Å². The summed E-state index contributed by atoms with van der Waals surface area (Å²) in [5, 5.41) is 0.729. The van der Waals surface area contributed by atoms with E-state index in [0.29, 0.717) is 0 Å². The Morgan fingerprint density at radius 1 is 1.18 bits per heavy atom. The average molecular weight is 243 g/mol. The molecule has 0 atom stereocenters. The maximum absolute atomic E-state index is 6.01. The molecule has 3 heteroatoms. The van der Waals surface area contributed by atoms with Gasteiger partial charge in [0, 0.05) is 16.8 Å². The third-order valence-corrected chi connectivity index (χ3v) is 2.99. The topological polar surface area (TPSA) is 17.3 Å². The second-order valence-electron chi connectivity index (χ2n) is 4.09. The van der Waals surface area contributed by atoms with Crippen LogP contribution in [0.3, 0.4) is 0 Å². The fourth-order valence-corrected chi connectivity index (χ4v) is 2.13. The maximum Gasteiger partial charge on any atom is 0.144 e. The van der Waals surface area contributed by atoms with E-state index in [0.717, 1.165) is 21.9 Å². The van der Waals surface area contributed by atoms with Gasteiger partial charge >= 0.3 is 0 Å². The van der Waals surface area contributed by atoms with Crippen LogP contribution in [0.2, 0.25) is 5.02 Å². The molecule has 0 aliphatic rings. The summed E-state index contributed by atoms with van der Waals surface area (Å²) < 4.78 is 2.08. The Kier molecular flexibility index (Phi) is 2.37. The van der Waals surface area contributed by atoms with Crippen LogP contribution in [-0.2, 0) is 0 Å². The first-order chi connectivity index (χ1) is 8.24. The number of benzene rings is 1. The standard InChI is InChI=1S/C14H11ClN2/c1-10-5-6-13-8-16-14(17(13)9-10)11-3-2-4-12(15)7-11/h2-9H,1H3. The molecule has 17 heavy (non-hydrogen) atoms. The Balaban J connectivity index is 2.27. The molecule has 2 aromatic heterocycles. The molecule has 0 aliphatic heterocycles. The SMILES string of the molecule is Cc1ccc2cnc(-c3cccc(Cl)c3)n2c1. The predicted molar refractivity (Wildman–Crippen MR) is 70.4 cm³/mol. The molecule has 0 amide bonds. The first-order valence-corrected chi connectivity index (χ1v) is 5.81. The quantitative estimate of drug-likeness (QED) is 0.631. The van der Waals surface area contributed by atoms with Gasteiger partial charge in [0.05, 0.1) is 11.7 Å². The van der Waals surface area contributed by atoms with Crippen LogP contribution in [0.25, 0.3) is 16.9 Å². The summed E-state index contributed by atoms with van der Waals surface area (Å²) in [6.45, 7) is 2.07. The molecular weight excluding hydrogens is 232 g/mol. The molecule has 0 unspecified atom stereocenters. The molecule has 0 N–H and O–H groups in total. The normalized spacial score (nSPS) is 10.9. The predicted octanol–water partition coefficient (Wildman–Crippen LogP) is 3.96. The highest BCUT2D eigenvalue weighted by atomic mass is 35.5. The van der Waals surface area contributed by atoms with E-state index in [4.69, 9.17) is 11.6 Å². The lowest BCUT2D eigenvalue weighted by molar-refractivity contribution is 1.14. The van der Waals surface area contributed by atoms with Crippen LogP contribution >= 0.6 is 11.6 Å². The Morgan fingerprint density at radius 2 is 2.06 bits per heavy atom. The van der Waals surface area contributed by atoms with Crippen LogP contribution in [0, 0.1) is 6.92 Å². The molecule has 0 radical (unpaired) electrons. The monoisotopic (exact) mass is 242 g/mol. The van der Waals surface area contributed by atoms with Gasteiger partial charge in [-0.05, 0) is 30.7 Å². The number of nitrogens with zero attached hydrogens (tertiary/aromatic N) is 2. The molecule has 3 rings (SSSR count). The number of pyridine rings is 1. The highest BCUT2D eigenvalue weighted by molar-refractivity contribution is 6.30. The van der Waals surface area contributed by atoms with Gasteiger partial charge in [-0.3, -0.25) is 4.40 Å². The maximum atomic E-state index is 6.01. The number of imidazole rings is 1. The molecule has 84 valence electrons. The fraction of sp³-hybridized carbons (Fsp3) is 0.0714. The van der Waals surface area contributed by atoms with Crippen LogP contribution in [0.4, 0.5) is 0 Å². The number of aryl methyl sites for hydroxylation is 1. The molecule has 0 fully saturated rings. The van der Waals surface area contributed by atoms with Gasteiger partial charge < -0.3 is 0 Å². The zero-order valence-corrected chi connectivity index (χ0v) is 10.1. The highest BCUT2D eigenvalue weighted by Gasteiger charge is 2.06. The first kappa shape index (κ1) is 10.4. The Labute approximate surface area is 104 Å². The van der Waals surface area contributed by atoms with Crippen LogP contribution < -0.4 is 0 Å². The van der Waals surface area contributed by atoms with Crippen molar-refractivity contribution in [1.82, 2.24) is 9.38 Å². The van der Waals surface area contributed by atoms with Crippen molar-refractivity contribution < 1.29 is 0 Å². The van der Waals surface area contributed by atoms with Gasteiger partial charge in [0.15, 0.2) is 0 Å². The lowest BCUT2D eigenvalue weighted by Crippen LogP contribution is -1.90. The van der Waals surface area contributed by atoms with Gasteiger partial charge in [-0.1, -0.05) is 29.8 Å². The van der Waals surface area contributed by atoms with E-state index in [2.05, 4.69) is 34.6 Å². The minimum atomic E-state index is 0.729. The van der Waals surface area contributed by atoms with E-state index in [1.807, 2.05) is 30.5 Å². The van der Waals surface area contributed by atoms with Crippen molar-refractivity contribution in [3.63, 3.8) is 0 Å². The summed E-state index contributed by atoms with van der Waals surface area (Å²) in [7, 11) is 0. The molecule has 2 heterocycles. The van der Waals surface area contributed by atoms with E-state index in [9.17, 15) is 0 Å². The lowest BCUT2D eigenvalue weighted by Gasteiger charge is -2.03. The van der Waals surface area contributed by atoms with Crippen LogP contribution in [-0.4, -0.2) is 9.38 Å². The summed E-state index contributed by atoms with van der Waals surface area (Å²) in [5.41, 5.74) is 3.33. The van der Waals surface area contributed by atoms with Crippen LogP contribution in [0.15, 0.2) is 48.8 Å². The zero-order chi connectivity index (χ0) is 11.8. The number of aromatic nitrogens is 2. The van der Waals surface area contributed by atoms with E-state index in [1.54, 1.807) is 0 Å². The van der Waals surface area contributed by atoms with Crippen molar-refractivity contribution in [1.29, 1.82) is 0 Å². The molecular formula is C14H11ClN2. The molecule has 0 saturated heterocycles. The number of halogens is 1. The highest BCUT2D eigenvalue weighted by Crippen LogP contribution is 2.23. The minimum absolute atomic E-state index is 0.729. The van der Waals surface area contributed by atoms with Crippen molar-refractivity contribution in [2.75, 3.05) is 0 Å². The summed E-state index contributed by atoms with van der Waals surface area (Å²) in [5.74, 6) is 0.922. The Bertz CT molecular complexity index is 686. The molecule has 1 aromatic carbocycles. The van der Waals surface area contributed by atoms with Crippen molar-refractivity contribution in [2.24, 2.45) is 0 Å². The molecule has 0 spiro atoms. The summed E-state index contributed by atoms with van der Waals surface area (Å²) in [6.07, 6.45) is 3.95.